The zero-order valence-electron chi connectivity index (χ0n) is 21.5. The van der Waals surface area contributed by atoms with Crippen LogP contribution in [-0.2, 0) is 16.1 Å². The molecule has 3 aromatic rings. The Labute approximate surface area is 228 Å². The summed E-state index contributed by atoms with van der Waals surface area (Å²) in [6, 6.07) is 10.0. The Kier molecular flexibility index (Phi) is 7.84. The number of fused-ring (bicyclic) bond motifs is 1. The van der Waals surface area contributed by atoms with Gasteiger partial charge in [-0.05, 0) is 55.5 Å². The molecular formula is C28H35Cl2N5O2. The van der Waals surface area contributed by atoms with E-state index < -0.39 is 0 Å². The normalized spacial score (nSPS) is 19.4. The van der Waals surface area contributed by atoms with Crippen molar-refractivity contribution in [3.05, 3.63) is 45.9 Å². The highest BCUT2D eigenvalue weighted by Crippen LogP contribution is 2.37. The van der Waals surface area contributed by atoms with Crippen LogP contribution in [0.15, 0.2) is 30.3 Å². The number of nitrogens with one attached hydrogen (secondary N) is 3. The van der Waals surface area contributed by atoms with Crippen LogP contribution in [0.2, 0.25) is 10.0 Å². The van der Waals surface area contributed by atoms with E-state index in [1.54, 1.807) is 7.11 Å². The van der Waals surface area contributed by atoms with Crippen molar-refractivity contribution in [1.29, 1.82) is 0 Å². The van der Waals surface area contributed by atoms with Crippen LogP contribution in [0.5, 0.6) is 0 Å². The SMILES string of the molecule is COC[C@@H]1CCCN1c1cc2nc(Nc3cc(CNC(=O)C4(C)CCCCC4)ccc3Cl)[nH]c2cc1Cl. The number of anilines is 3. The number of amides is 1. The van der Waals surface area contributed by atoms with Crippen molar-refractivity contribution in [3.8, 4) is 0 Å². The van der Waals surface area contributed by atoms with Gasteiger partial charge in [-0.3, -0.25) is 4.79 Å². The summed E-state index contributed by atoms with van der Waals surface area (Å²) < 4.78 is 5.41. The molecule has 198 valence electrons. The number of rotatable bonds is 8. The van der Waals surface area contributed by atoms with Crippen molar-refractivity contribution in [2.45, 2.75) is 64.5 Å². The zero-order chi connectivity index (χ0) is 26.0. The van der Waals surface area contributed by atoms with Gasteiger partial charge in [0.25, 0.3) is 0 Å². The van der Waals surface area contributed by atoms with Crippen molar-refractivity contribution >= 4 is 57.5 Å². The number of hydrogen-bond acceptors (Lipinski definition) is 5. The lowest BCUT2D eigenvalue weighted by molar-refractivity contribution is -0.132. The standard InChI is InChI=1S/C28H35Cl2N5O2/c1-28(10-4-3-5-11-28)26(36)31-16-18-8-9-20(29)22(13-18)32-27-33-23-14-21(30)25(15-24(23)34-27)35-12-6-7-19(35)17-37-2/h8-9,13-15,19H,3-7,10-12,16-17H2,1-2H3,(H,31,36)(H2,32,33,34)/t19-/m0/s1. The van der Waals surface area contributed by atoms with E-state index in [4.69, 9.17) is 32.9 Å². The quantitative estimate of drug-likeness (QED) is 0.290. The van der Waals surface area contributed by atoms with Crippen LogP contribution in [-0.4, -0.2) is 42.2 Å². The number of nitrogens with zero attached hydrogens (tertiary/aromatic N) is 2. The second kappa shape index (κ2) is 11.1. The molecule has 1 amide bonds. The molecular weight excluding hydrogens is 509 g/mol. The molecule has 0 radical (unpaired) electrons. The Hall–Kier alpha value is -2.48. The van der Waals surface area contributed by atoms with E-state index in [0.717, 1.165) is 73.0 Å². The van der Waals surface area contributed by atoms with Crippen molar-refractivity contribution < 1.29 is 9.53 Å². The monoisotopic (exact) mass is 543 g/mol. The summed E-state index contributed by atoms with van der Waals surface area (Å²) in [6.45, 7) is 4.16. The number of carbonyl (C=O) groups excluding carboxylic acids is 1. The first-order chi connectivity index (χ1) is 17.9. The van der Waals surface area contributed by atoms with E-state index in [0.29, 0.717) is 35.2 Å². The van der Waals surface area contributed by atoms with Gasteiger partial charge in [0.1, 0.15) is 0 Å². The maximum atomic E-state index is 12.9. The van der Waals surface area contributed by atoms with Crippen molar-refractivity contribution in [2.75, 3.05) is 30.5 Å². The molecule has 2 aromatic carbocycles. The fourth-order valence-corrected chi connectivity index (χ4v) is 6.11. The lowest BCUT2D eigenvalue weighted by atomic mass is 9.75. The first-order valence-corrected chi connectivity index (χ1v) is 13.9. The Bertz CT molecular complexity index is 1270. The van der Waals surface area contributed by atoms with Crippen LogP contribution in [0.4, 0.5) is 17.3 Å². The topological polar surface area (TPSA) is 82.3 Å². The average molecular weight is 545 g/mol. The van der Waals surface area contributed by atoms with Crippen LogP contribution < -0.4 is 15.5 Å². The van der Waals surface area contributed by atoms with Gasteiger partial charge >= 0.3 is 0 Å². The molecule has 1 aromatic heterocycles. The van der Waals surface area contributed by atoms with Crippen molar-refractivity contribution in [1.82, 2.24) is 15.3 Å². The van der Waals surface area contributed by atoms with Crippen LogP contribution in [0.25, 0.3) is 11.0 Å². The molecule has 2 aliphatic rings. The third-order valence-corrected chi connectivity index (χ3v) is 8.47. The van der Waals surface area contributed by atoms with Gasteiger partial charge in [-0.2, -0.15) is 0 Å². The molecule has 2 heterocycles. The number of halogens is 2. The summed E-state index contributed by atoms with van der Waals surface area (Å²) in [5, 5.41) is 7.71. The summed E-state index contributed by atoms with van der Waals surface area (Å²) in [6.07, 6.45) is 7.57. The Morgan fingerprint density at radius 3 is 2.76 bits per heavy atom. The number of H-pyrrole nitrogens is 1. The Balaban J connectivity index is 1.30. The first-order valence-electron chi connectivity index (χ1n) is 13.1. The van der Waals surface area contributed by atoms with E-state index in [-0.39, 0.29) is 11.3 Å². The molecule has 1 aliphatic carbocycles. The molecule has 1 atom stereocenters. The lowest BCUT2D eigenvalue weighted by Gasteiger charge is -2.32. The van der Waals surface area contributed by atoms with E-state index in [2.05, 4.69) is 27.4 Å². The summed E-state index contributed by atoms with van der Waals surface area (Å²) in [4.78, 5) is 23.2. The number of benzene rings is 2. The van der Waals surface area contributed by atoms with Gasteiger partial charge in [-0.25, -0.2) is 4.98 Å². The Morgan fingerprint density at radius 2 is 1.97 bits per heavy atom. The minimum Gasteiger partial charge on any atom is -0.383 e. The molecule has 0 unspecified atom stereocenters. The molecule has 2 fully saturated rings. The largest absolute Gasteiger partial charge is 0.383 e. The third kappa shape index (κ3) is 5.69. The molecule has 1 saturated heterocycles. The van der Waals surface area contributed by atoms with Crippen LogP contribution in [0, 0.1) is 5.41 Å². The third-order valence-electron chi connectivity index (χ3n) is 7.84. The van der Waals surface area contributed by atoms with Crippen LogP contribution in [0.1, 0.15) is 57.4 Å². The molecule has 1 saturated carbocycles. The van der Waals surface area contributed by atoms with Gasteiger partial charge < -0.3 is 25.3 Å². The Morgan fingerprint density at radius 1 is 1.16 bits per heavy atom. The second-order valence-electron chi connectivity index (χ2n) is 10.6. The molecule has 7 nitrogen and oxygen atoms in total. The van der Waals surface area contributed by atoms with Gasteiger partial charge in [-0.1, -0.05) is 55.5 Å². The summed E-state index contributed by atoms with van der Waals surface area (Å²) in [7, 11) is 1.73. The van der Waals surface area contributed by atoms with Crippen LogP contribution in [0.3, 0.4) is 0 Å². The second-order valence-corrected chi connectivity index (χ2v) is 11.4. The average Bonchev–Trinajstić information content (AvgIpc) is 3.50. The van der Waals surface area contributed by atoms with Gasteiger partial charge in [0.15, 0.2) is 0 Å². The van der Waals surface area contributed by atoms with Gasteiger partial charge in [0.05, 0.1) is 45.1 Å². The zero-order valence-corrected chi connectivity index (χ0v) is 23.0. The van der Waals surface area contributed by atoms with Gasteiger partial charge in [0.2, 0.25) is 11.9 Å². The number of aromatic nitrogens is 2. The first kappa shape index (κ1) is 26.1. The maximum Gasteiger partial charge on any atom is 0.226 e. The molecule has 3 N–H and O–H groups in total. The molecule has 37 heavy (non-hydrogen) atoms. The van der Waals surface area contributed by atoms with Crippen molar-refractivity contribution in [2.24, 2.45) is 5.41 Å². The highest BCUT2D eigenvalue weighted by molar-refractivity contribution is 6.34. The molecule has 5 rings (SSSR count). The van der Waals surface area contributed by atoms with Gasteiger partial charge in [-0.15, -0.1) is 0 Å². The molecule has 1 aliphatic heterocycles. The minimum absolute atomic E-state index is 0.132. The predicted molar refractivity (Wildman–Crippen MR) is 151 cm³/mol. The lowest BCUT2D eigenvalue weighted by Crippen LogP contribution is -2.39. The smallest absolute Gasteiger partial charge is 0.226 e. The molecule has 0 spiro atoms. The number of aromatic amines is 1. The van der Waals surface area contributed by atoms with E-state index >= 15 is 0 Å². The summed E-state index contributed by atoms with van der Waals surface area (Å²) >= 11 is 13.2. The predicted octanol–water partition coefficient (Wildman–Crippen LogP) is 6.82. The maximum absolute atomic E-state index is 12.9. The summed E-state index contributed by atoms with van der Waals surface area (Å²) in [5.41, 5.74) is 4.08. The minimum atomic E-state index is -0.265. The van der Waals surface area contributed by atoms with E-state index in [1.165, 1.54) is 6.42 Å². The highest BCUT2D eigenvalue weighted by Gasteiger charge is 2.34. The molecule has 0 bridgehead atoms. The van der Waals surface area contributed by atoms with E-state index in [9.17, 15) is 4.79 Å². The number of hydrogen-bond donors (Lipinski definition) is 3. The van der Waals surface area contributed by atoms with E-state index in [1.807, 2.05) is 30.3 Å². The van der Waals surface area contributed by atoms with Crippen molar-refractivity contribution in [3.63, 3.8) is 0 Å². The molecule has 9 heteroatoms. The number of carbonyl (C=O) groups is 1. The highest BCUT2D eigenvalue weighted by atomic mass is 35.5. The van der Waals surface area contributed by atoms with Crippen LogP contribution >= 0.6 is 23.2 Å². The number of methoxy groups -OCH3 is 1. The number of ether oxygens (including phenoxy) is 1. The fraction of sp³-hybridized carbons (Fsp3) is 0.500. The summed E-state index contributed by atoms with van der Waals surface area (Å²) in [5.74, 6) is 0.711. The number of imidazole rings is 1. The fourth-order valence-electron chi connectivity index (χ4n) is 5.68. The van der Waals surface area contributed by atoms with Gasteiger partial charge in [0, 0.05) is 25.6 Å².